The Morgan fingerprint density at radius 1 is 1.38 bits per heavy atom. The van der Waals surface area contributed by atoms with Crippen molar-refractivity contribution in [3.63, 3.8) is 0 Å². The molecule has 1 aromatic rings. The van der Waals surface area contributed by atoms with Gasteiger partial charge in [-0.15, -0.1) is 0 Å². The maximum atomic E-state index is 4.39. The summed E-state index contributed by atoms with van der Waals surface area (Å²) in [7, 11) is 4.01. The van der Waals surface area contributed by atoms with E-state index in [9.17, 15) is 0 Å². The molecule has 1 rings (SSSR count). The Hall–Kier alpha value is -1.09. The van der Waals surface area contributed by atoms with E-state index in [-0.39, 0.29) is 0 Å². The van der Waals surface area contributed by atoms with Crippen LogP contribution in [0.15, 0.2) is 18.3 Å². The van der Waals surface area contributed by atoms with Crippen LogP contribution in [0.1, 0.15) is 32.3 Å². The Kier molecular flexibility index (Phi) is 5.26. The van der Waals surface area contributed by atoms with E-state index in [4.69, 9.17) is 0 Å². The average Bonchev–Trinajstić information content (AvgIpc) is 2.27. The summed E-state index contributed by atoms with van der Waals surface area (Å²) in [5.41, 5.74) is 1.24. The van der Waals surface area contributed by atoms with Crippen LogP contribution >= 0.6 is 0 Å². The van der Waals surface area contributed by atoms with Gasteiger partial charge in [0.05, 0.1) is 0 Å². The number of anilines is 1. The minimum Gasteiger partial charge on any atom is -0.363 e. The Balaban J connectivity index is 2.43. The van der Waals surface area contributed by atoms with Gasteiger partial charge < -0.3 is 10.2 Å². The van der Waals surface area contributed by atoms with Crippen molar-refractivity contribution in [2.45, 2.75) is 39.3 Å². The lowest BCUT2D eigenvalue weighted by molar-refractivity contribution is 0.508. The Bertz CT molecular complexity index is 293. The summed E-state index contributed by atoms with van der Waals surface area (Å²) < 4.78 is 0. The average molecular weight is 221 g/mol. The molecule has 0 aromatic carbocycles. The lowest BCUT2D eigenvalue weighted by Gasteiger charge is -2.14. The minimum absolute atomic E-state index is 0.582. The molecule has 3 heteroatoms. The standard InChI is InChI=1S/C13H23N3/c1-5-6-11(2)14-9-12-7-8-13(15-10-12)16(3)4/h7-8,10-11,14H,5-6,9H2,1-4H3. The molecule has 0 radical (unpaired) electrons. The van der Waals surface area contributed by atoms with Gasteiger partial charge >= 0.3 is 0 Å². The molecule has 3 nitrogen and oxygen atoms in total. The third-order valence-corrected chi connectivity index (χ3v) is 2.64. The van der Waals surface area contributed by atoms with Crippen LogP contribution in [0, 0.1) is 0 Å². The van der Waals surface area contributed by atoms with E-state index in [1.807, 2.05) is 25.2 Å². The van der Waals surface area contributed by atoms with Crippen LogP contribution in [0.2, 0.25) is 0 Å². The molecule has 0 saturated heterocycles. The fourth-order valence-electron chi connectivity index (χ4n) is 1.61. The highest BCUT2D eigenvalue weighted by Gasteiger charge is 2.01. The quantitative estimate of drug-likeness (QED) is 0.799. The molecule has 1 heterocycles. The number of pyridine rings is 1. The topological polar surface area (TPSA) is 28.2 Å². The van der Waals surface area contributed by atoms with Gasteiger partial charge in [-0.1, -0.05) is 19.4 Å². The zero-order chi connectivity index (χ0) is 12.0. The molecule has 0 bridgehead atoms. The number of nitrogens with zero attached hydrogens (tertiary/aromatic N) is 2. The van der Waals surface area contributed by atoms with Gasteiger partial charge in [0.2, 0.25) is 0 Å². The molecule has 0 aliphatic rings. The predicted octanol–water partition coefficient (Wildman–Crippen LogP) is 2.43. The van der Waals surface area contributed by atoms with Crippen LogP contribution in [0.25, 0.3) is 0 Å². The number of rotatable bonds is 6. The van der Waals surface area contributed by atoms with Gasteiger partial charge in [-0.3, -0.25) is 0 Å². The monoisotopic (exact) mass is 221 g/mol. The lowest BCUT2D eigenvalue weighted by atomic mass is 10.2. The zero-order valence-corrected chi connectivity index (χ0v) is 10.8. The van der Waals surface area contributed by atoms with Crippen LogP contribution in [0.4, 0.5) is 5.82 Å². The van der Waals surface area contributed by atoms with Gasteiger partial charge in [0.15, 0.2) is 0 Å². The first-order valence-corrected chi connectivity index (χ1v) is 5.99. The van der Waals surface area contributed by atoms with Crippen molar-refractivity contribution < 1.29 is 0 Å². The molecule has 0 aliphatic heterocycles. The van der Waals surface area contributed by atoms with Gasteiger partial charge in [0.25, 0.3) is 0 Å². The number of hydrogen-bond donors (Lipinski definition) is 1. The van der Waals surface area contributed by atoms with E-state index in [1.165, 1.54) is 18.4 Å². The molecular formula is C13H23N3. The highest BCUT2D eigenvalue weighted by Crippen LogP contribution is 2.08. The predicted molar refractivity (Wildman–Crippen MR) is 69.8 cm³/mol. The van der Waals surface area contributed by atoms with Crippen molar-refractivity contribution in [2.75, 3.05) is 19.0 Å². The SMILES string of the molecule is CCCC(C)NCc1ccc(N(C)C)nc1. The van der Waals surface area contributed by atoms with Crippen LogP contribution in [0.3, 0.4) is 0 Å². The van der Waals surface area contributed by atoms with E-state index in [0.717, 1.165) is 12.4 Å². The smallest absolute Gasteiger partial charge is 0.127 e. The Morgan fingerprint density at radius 3 is 2.62 bits per heavy atom. The fraction of sp³-hybridized carbons (Fsp3) is 0.615. The second kappa shape index (κ2) is 6.48. The van der Waals surface area contributed by atoms with Crippen molar-refractivity contribution in [3.05, 3.63) is 23.9 Å². The maximum Gasteiger partial charge on any atom is 0.127 e. The normalized spacial score (nSPS) is 12.5. The third kappa shape index (κ3) is 4.19. The second-order valence-electron chi connectivity index (χ2n) is 4.49. The first-order chi connectivity index (χ1) is 7.63. The summed E-state index contributed by atoms with van der Waals surface area (Å²) >= 11 is 0. The van der Waals surface area contributed by atoms with Crippen molar-refractivity contribution in [2.24, 2.45) is 0 Å². The fourth-order valence-corrected chi connectivity index (χ4v) is 1.61. The maximum absolute atomic E-state index is 4.39. The molecular weight excluding hydrogens is 198 g/mol. The lowest BCUT2D eigenvalue weighted by Crippen LogP contribution is -2.25. The van der Waals surface area contributed by atoms with Crippen molar-refractivity contribution in [3.8, 4) is 0 Å². The largest absolute Gasteiger partial charge is 0.363 e. The Labute approximate surface area is 98.9 Å². The van der Waals surface area contributed by atoms with E-state index in [1.54, 1.807) is 0 Å². The molecule has 1 atom stereocenters. The highest BCUT2D eigenvalue weighted by molar-refractivity contribution is 5.37. The number of nitrogens with one attached hydrogen (secondary N) is 1. The van der Waals surface area contributed by atoms with Crippen LogP contribution < -0.4 is 10.2 Å². The molecule has 0 fully saturated rings. The molecule has 0 amide bonds. The van der Waals surface area contributed by atoms with Crippen LogP contribution in [-0.4, -0.2) is 25.1 Å². The van der Waals surface area contributed by atoms with Gasteiger partial charge in [-0.25, -0.2) is 4.98 Å². The van der Waals surface area contributed by atoms with E-state index >= 15 is 0 Å². The third-order valence-electron chi connectivity index (χ3n) is 2.64. The summed E-state index contributed by atoms with van der Waals surface area (Å²) in [6, 6.07) is 4.77. The summed E-state index contributed by atoms with van der Waals surface area (Å²) in [4.78, 5) is 6.40. The second-order valence-corrected chi connectivity index (χ2v) is 4.49. The van der Waals surface area contributed by atoms with Crippen LogP contribution in [-0.2, 0) is 6.54 Å². The Morgan fingerprint density at radius 2 is 2.12 bits per heavy atom. The van der Waals surface area contributed by atoms with Gasteiger partial charge in [0, 0.05) is 32.9 Å². The molecule has 0 spiro atoms. The van der Waals surface area contributed by atoms with E-state index < -0.39 is 0 Å². The van der Waals surface area contributed by atoms with Gasteiger partial charge in [-0.05, 0) is 25.0 Å². The van der Waals surface area contributed by atoms with Crippen molar-refractivity contribution >= 4 is 5.82 Å². The molecule has 90 valence electrons. The summed E-state index contributed by atoms with van der Waals surface area (Å²) in [6.45, 7) is 5.35. The van der Waals surface area contributed by atoms with Crippen LogP contribution in [0.5, 0.6) is 0 Å². The van der Waals surface area contributed by atoms with Crippen molar-refractivity contribution in [1.29, 1.82) is 0 Å². The molecule has 16 heavy (non-hydrogen) atoms. The molecule has 1 unspecified atom stereocenters. The molecule has 1 N–H and O–H groups in total. The van der Waals surface area contributed by atoms with Crippen molar-refractivity contribution in [1.82, 2.24) is 10.3 Å². The first-order valence-electron chi connectivity index (χ1n) is 5.99. The summed E-state index contributed by atoms with van der Waals surface area (Å²) in [5.74, 6) is 1.00. The summed E-state index contributed by atoms with van der Waals surface area (Å²) in [6.07, 6.45) is 4.40. The van der Waals surface area contributed by atoms with E-state index in [2.05, 4.69) is 36.3 Å². The van der Waals surface area contributed by atoms with E-state index in [0.29, 0.717) is 6.04 Å². The van der Waals surface area contributed by atoms with Gasteiger partial charge in [0.1, 0.15) is 5.82 Å². The van der Waals surface area contributed by atoms with Gasteiger partial charge in [-0.2, -0.15) is 0 Å². The highest BCUT2D eigenvalue weighted by atomic mass is 15.1. The summed E-state index contributed by atoms with van der Waals surface area (Å²) in [5, 5.41) is 3.49. The first kappa shape index (κ1) is 13.0. The molecule has 0 aliphatic carbocycles. The molecule has 0 saturated carbocycles. The zero-order valence-electron chi connectivity index (χ0n) is 10.8. The number of aromatic nitrogens is 1. The minimum atomic E-state index is 0.582. The molecule has 1 aromatic heterocycles. The number of hydrogen-bond acceptors (Lipinski definition) is 3.